The zero-order valence-electron chi connectivity index (χ0n) is 32.4. The van der Waals surface area contributed by atoms with E-state index in [1.54, 1.807) is 0 Å². The summed E-state index contributed by atoms with van der Waals surface area (Å²) in [6.45, 7) is 0. The van der Waals surface area contributed by atoms with Gasteiger partial charge < -0.3 is 4.90 Å². The van der Waals surface area contributed by atoms with Crippen molar-refractivity contribution in [1.82, 2.24) is 15.0 Å². The maximum atomic E-state index is 5.09. The van der Waals surface area contributed by atoms with E-state index in [4.69, 9.17) is 15.0 Å². The molecule has 10 aromatic rings. The molecule has 0 amide bonds. The Bertz CT molecular complexity index is 3290. The quantitative estimate of drug-likeness (QED) is 0.179. The highest BCUT2D eigenvalue weighted by Gasteiger charge is 2.52. The molecule has 0 unspecified atom stereocenters. The standard InChI is InChI=1S/C56H34N4/c1-3-17-35(18-4-1)53-57-54(36-19-5-2-6-20-36)59-55(58-53)37-21-15-22-38(33-37)60-49-31-14-10-25-41(49)44-34-48-51(43-27-16-32-50(60)52(43)44)42-26-9-13-30-47(42)56(48)45-28-11-7-23-39(45)40-24-8-12-29-46(40)56/h1-34H. The highest BCUT2D eigenvalue weighted by atomic mass is 15.2. The molecule has 0 N–H and O–H groups in total. The lowest BCUT2D eigenvalue weighted by molar-refractivity contribution is 0.794. The number of hydrogen-bond acceptors (Lipinski definition) is 4. The Labute approximate surface area is 347 Å². The molecule has 2 aliphatic carbocycles. The number of rotatable bonds is 4. The molecule has 1 spiro atoms. The van der Waals surface area contributed by atoms with Crippen LogP contribution in [-0.2, 0) is 5.41 Å². The van der Waals surface area contributed by atoms with Crippen LogP contribution >= 0.6 is 0 Å². The van der Waals surface area contributed by atoms with E-state index in [9.17, 15) is 0 Å². The summed E-state index contributed by atoms with van der Waals surface area (Å²) < 4.78 is 0. The van der Waals surface area contributed by atoms with Crippen LogP contribution in [0.4, 0.5) is 17.1 Å². The molecule has 60 heavy (non-hydrogen) atoms. The van der Waals surface area contributed by atoms with Crippen molar-refractivity contribution in [2.75, 3.05) is 4.90 Å². The molecular formula is C56H34N4. The van der Waals surface area contributed by atoms with Crippen LogP contribution in [0.25, 0.3) is 78.3 Å². The Morgan fingerprint density at radius 3 is 1.47 bits per heavy atom. The molecule has 1 aromatic heterocycles. The van der Waals surface area contributed by atoms with Crippen molar-refractivity contribution in [1.29, 1.82) is 0 Å². The third kappa shape index (κ3) is 4.47. The van der Waals surface area contributed by atoms with E-state index in [0.717, 1.165) is 33.8 Å². The number of benzene rings is 9. The summed E-state index contributed by atoms with van der Waals surface area (Å²) in [6, 6.07) is 74.4. The summed E-state index contributed by atoms with van der Waals surface area (Å²) in [7, 11) is 0. The first-order valence-electron chi connectivity index (χ1n) is 20.5. The van der Waals surface area contributed by atoms with Crippen molar-refractivity contribution in [2.24, 2.45) is 0 Å². The molecular weight excluding hydrogens is 729 g/mol. The summed E-state index contributed by atoms with van der Waals surface area (Å²) in [5.41, 5.74) is 18.8. The van der Waals surface area contributed by atoms with Crippen LogP contribution < -0.4 is 4.90 Å². The maximum absolute atomic E-state index is 5.09. The van der Waals surface area contributed by atoms with Gasteiger partial charge in [0, 0.05) is 33.3 Å². The lowest BCUT2D eigenvalue weighted by Crippen LogP contribution is -2.26. The molecule has 4 nitrogen and oxygen atoms in total. The van der Waals surface area contributed by atoms with Gasteiger partial charge in [-0.15, -0.1) is 0 Å². The van der Waals surface area contributed by atoms with Gasteiger partial charge in [-0.3, -0.25) is 0 Å². The van der Waals surface area contributed by atoms with Crippen LogP contribution in [0.5, 0.6) is 0 Å². The van der Waals surface area contributed by atoms with E-state index in [1.807, 2.05) is 60.7 Å². The Morgan fingerprint density at radius 2 is 0.817 bits per heavy atom. The van der Waals surface area contributed by atoms with Gasteiger partial charge in [0.15, 0.2) is 17.5 Å². The zero-order valence-corrected chi connectivity index (χ0v) is 32.4. The van der Waals surface area contributed by atoms with Crippen LogP contribution in [-0.4, -0.2) is 15.0 Å². The van der Waals surface area contributed by atoms with Crippen LogP contribution in [0.3, 0.4) is 0 Å². The zero-order chi connectivity index (χ0) is 39.4. The second kappa shape index (κ2) is 12.5. The maximum Gasteiger partial charge on any atom is 0.164 e. The number of hydrogen-bond donors (Lipinski definition) is 0. The largest absolute Gasteiger partial charge is 0.309 e. The van der Waals surface area contributed by atoms with Gasteiger partial charge in [-0.2, -0.15) is 0 Å². The molecule has 0 radical (unpaired) electrons. The second-order valence-corrected chi connectivity index (χ2v) is 15.9. The third-order valence-electron chi connectivity index (χ3n) is 12.8. The van der Waals surface area contributed by atoms with Gasteiger partial charge in [0.1, 0.15) is 0 Å². The van der Waals surface area contributed by atoms with Gasteiger partial charge in [0.05, 0.1) is 16.8 Å². The summed E-state index contributed by atoms with van der Waals surface area (Å²) in [6.07, 6.45) is 0. The number of para-hydroxylation sites is 1. The van der Waals surface area contributed by atoms with Gasteiger partial charge >= 0.3 is 0 Å². The molecule has 0 atom stereocenters. The fraction of sp³-hybridized carbons (Fsp3) is 0.0179. The molecule has 3 aliphatic rings. The Hall–Kier alpha value is -7.95. The number of anilines is 3. The highest BCUT2D eigenvalue weighted by Crippen LogP contribution is 2.65. The van der Waals surface area contributed by atoms with Gasteiger partial charge in [-0.25, -0.2) is 15.0 Å². The minimum Gasteiger partial charge on any atom is -0.309 e. The molecule has 0 saturated carbocycles. The van der Waals surface area contributed by atoms with Gasteiger partial charge in [-0.05, 0) is 85.8 Å². The van der Waals surface area contributed by atoms with Crippen LogP contribution in [0.2, 0.25) is 0 Å². The van der Waals surface area contributed by atoms with Crippen molar-refractivity contribution in [2.45, 2.75) is 5.41 Å². The predicted octanol–water partition coefficient (Wildman–Crippen LogP) is 13.8. The molecule has 1 aliphatic heterocycles. The molecule has 2 heterocycles. The molecule has 9 aromatic carbocycles. The fourth-order valence-corrected chi connectivity index (χ4v) is 10.5. The van der Waals surface area contributed by atoms with Crippen molar-refractivity contribution in [3.05, 3.63) is 229 Å². The third-order valence-corrected chi connectivity index (χ3v) is 12.8. The second-order valence-electron chi connectivity index (χ2n) is 15.9. The van der Waals surface area contributed by atoms with E-state index < -0.39 is 5.41 Å². The minimum absolute atomic E-state index is 0.429. The topological polar surface area (TPSA) is 41.9 Å². The molecule has 0 fully saturated rings. The first kappa shape index (κ1) is 33.1. The average Bonchev–Trinajstić information content (AvgIpc) is 3.80. The molecule has 0 saturated heterocycles. The van der Waals surface area contributed by atoms with E-state index >= 15 is 0 Å². The highest BCUT2D eigenvalue weighted by molar-refractivity contribution is 6.20. The Kier molecular flexibility index (Phi) is 6.90. The molecule has 13 rings (SSSR count). The Morgan fingerprint density at radius 1 is 0.333 bits per heavy atom. The molecule has 0 bridgehead atoms. The van der Waals surface area contributed by atoms with Crippen LogP contribution in [0.1, 0.15) is 22.3 Å². The van der Waals surface area contributed by atoms with Gasteiger partial charge in [-0.1, -0.05) is 176 Å². The first-order valence-corrected chi connectivity index (χ1v) is 20.5. The Balaban J connectivity index is 1.05. The van der Waals surface area contributed by atoms with Gasteiger partial charge in [0.25, 0.3) is 0 Å². The fourth-order valence-electron chi connectivity index (χ4n) is 10.5. The SMILES string of the molecule is c1ccc(-c2nc(-c3ccccc3)nc(-c3cccc(N4c5ccccc5-c5cc6c(c7cccc4c57)-c4ccccc4C64c5ccccc5-c5ccccc54)c3)n2)cc1. The van der Waals surface area contributed by atoms with Crippen LogP contribution in [0.15, 0.2) is 206 Å². The molecule has 278 valence electrons. The van der Waals surface area contributed by atoms with Crippen molar-refractivity contribution >= 4 is 27.8 Å². The van der Waals surface area contributed by atoms with Crippen molar-refractivity contribution < 1.29 is 0 Å². The normalized spacial score (nSPS) is 13.4. The van der Waals surface area contributed by atoms with E-state index in [1.165, 1.54) is 66.4 Å². The number of aromatic nitrogens is 3. The van der Waals surface area contributed by atoms with E-state index in [2.05, 4.69) is 150 Å². The average molecular weight is 763 g/mol. The summed E-state index contributed by atoms with van der Waals surface area (Å²) >= 11 is 0. The summed E-state index contributed by atoms with van der Waals surface area (Å²) in [5, 5.41) is 2.52. The summed E-state index contributed by atoms with van der Waals surface area (Å²) in [5.74, 6) is 1.92. The summed E-state index contributed by atoms with van der Waals surface area (Å²) in [4.78, 5) is 17.6. The lowest BCUT2D eigenvalue weighted by atomic mass is 9.69. The smallest absolute Gasteiger partial charge is 0.164 e. The number of nitrogens with zero attached hydrogens (tertiary/aromatic N) is 4. The van der Waals surface area contributed by atoms with Crippen molar-refractivity contribution in [3.8, 4) is 67.5 Å². The van der Waals surface area contributed by atoms with Crippen molar-refractivity contribution in [3.63, 3.8) is 0 Å². The first-order chi connectivity index (χ1) is 29.8. The predicted molar refractivity (Wildman–Crippen MR) is 244 cm³/mol. The van der Waals surface area contributed by atoms with E-state index in [-0.39, 0.29) is 0 Å². The molecule has 4 heteroatoms. The van der Waals surface area contributed by atoms with Gasteiger partial charge in [0.2, 0.25) is 0 Å². The number of fused-ring (bicyclic) bond motifs is 13. The van der Waals surface area contributed by atoms with E-state index in [0.29, 0.717) is 17.5 Å². The monoisotopic (exact) mass is 762 g/mol. The minimum atomic E-state index is -0.429. The lowest BCUT2D eigenvalue weighted by Gasteiger charge is -2.35. The van der Waals surface area contributed by atoms with Crippen LogP contribution in [0, 0.1) is 0 Å².